The van der Waals surface area contributed by atoms with Crippen molar-refractivity contribution in [2.45, 2.75) is 6.92 Å². The first-order chi connectivity index (χ1) is 9.03. The second kappa shape index (κ2) is 6.48. The molecule has 104 valence electrons. The zero-order valence-electron chi connectivity index (χ0n) is 11.0. The number of nitrogens with one attached hydrogen (secondary N) is 1. The highest BCUT2D eigenvalue weighted by atomic mass is 16.5. The fourth-order valence-electron chi connectivity index (χ4n) is 1.37. The first-order valence-electron chi connectivity index (χ1n) is 5.53. The molecule has 0 saturated carbocycles. The number of amidine groups is 1. The molecule has 0 aromatic heterocycles. The number of carbonyl (C=O) groups is 1. The van der Waals surface area contributed by atoms with E-state index >= 15 is 0 Å². The van der Waals surface area contributed by atoms with Crippen molar-refractivity contribution in [3.8, 4) is 11.5 Å². The second-order valence-electron chi connectivity index (χ2n) is 3.80. The van der Waals surface area contributed by atoms with Gasteiger partial charge in [-0.3, -0.25) is 4.79 Å². The molecule has 7 heteroatoms. The Labute approximate surface area is 111 Å². The van der Waals surface area contributed by atoms with Crippen molar-refractivity contribution in [1.29, 1.82) is 0 Å². The summed E-state index contributed by atoms with van der Waals surface area (Å²) < 4.78 is 10.2. The summed E-state index contributed by atoms with van der Waals surface area (Å²) in [5.41, 5.74) is 5.83. The van der Waals surface area contributed by atoms with Crippen molar-refractivity contribution in [2.75, 3.05) is 19.5 Å². The van der Waals surface area contributed by atoms with Gasteiger partial charge in [0.15, 0.2) is 5.84 Å². The minimum absolute atomic E-state index is 0.167. The number of hydrogen-bond donors (Lipinski definition) is 3. The first-order valence-corrected chi connectivity index (χ1v) is 5.53. The number of rotatable bonds is 5. The topological polar surface area (TPSA) is 106 Å². The van der Waals surface area contributed by atoms with E-state index in [-0.39, 0.29) is 5.84 Å². The molecule has 7 nitrogen and oxygen atoms in total. The molecule has 0 aliphatic carbocycles. The van der Waals surface area contributed by atoms with Crippen LogP contribution in [0.1, 0.15) is 6.92 Å². The maximum Gasteiger partial charge on any atom is 0.235 e. The molecule has 0 radical (unpaired) electrons. The highest BCUT2D eigenvalue weighted by Crippen LogP contribution is 2.29. The Hall–Kier alpha value is -2.44. The Morgan fingerprint density at radius 1 is 1.42 bits per heavy atom. The number of anilines is 1. The minimum Gasteiger partial charge on any atom is -0.497 e. The maximum atomic E-state index is 11.9. The van der Waals surface area contributed by atoms with Crippen LogP contribution in [0.15, 0.2) is 23.4 Å². The molecule has 0 saturated heterocycles. The van der Waals surface area contributed by atoms with Crippen molar-refractivity contribution in [1.82, 2.24) is 0 Å². The predicted octanol–water partition coefficient (Wildman–Crippen LogP) is 1.02. The Bertz CT molecular complexity index is 488. The average Bonchev–Trinajstić information content (AvgIpc) is 2.45. The number of ether oxygens (including phenoxy) is 2. The molecule has 1 unspecified atom stereocenters. The molecule has 0 bridgehead atoms. The van der Waals surface area contributed by atoms with Crippen LogP contribution in [0, 0.1) is 5.92 Å². The number of oxime groups is 1. The van der Waals surface area contributed by atoms with Crippen molar-refractivity contribution in [3.05, 3.63) is 18.2 Å². The lowest BCUT2D eigenvalue weighted by molar-refractivity contribution is -0.117. The third kappa shape index (κ3) is 3.51. The van der Waals surface area contributed by atoms with Gasteiger partial charge in [0.05, 0.1) is 25.8 Å². The van der Waals surface area contributed by atoms with Crippen LogP contribution < -0.4 is 20.5 Å². The monoisotopic (exact) mass is 267 g/mol. The van der Waals surface area contributed by atoms with Crippen LogP contribution >= 0.6 is 0 Å². The van der Waals surface area contributed by atoms with Crippen LogP contribution in [-0.2, 0) is 4.79 Å². The van der Waals surface area contributed by atoms with Crippen molar-refractivity contribution in [3.63, 3.8) is 0 Å². The van der Waals surface area contributed by atoms with E-state index in [1.54, 1.807) is 18.2 Å². The second-order valence-corrected chi connectivity index (χ2v) is 3.80. The number of hydrogen-bond acceptors (Lipinski definition) is 5. The van der Waals surface area contributed by atoms with Gasteiger partial charge in [-0.05, 0) is 19.1 Å². The summed E-state index contributed by atoms with van der Waals surface area (Å²) in [7, 11) is 3.01. The molecule has 0 aliphatic heterocycles. The fourth-order valence-corrected chi connectivity index (χ4v) is 1.37. The minimum atomic E-state index is -0.763. The third-order valence-corrected chi connectivity index (χ3v) is 2.62. The van der Waals surface area contributed by atoms with E-state index in [9.17, 15) is 4.79 Å². The molecule has 1 atom stereocenters. The summed E-state index contributed by atoms with van der Waals surface area (Å²) in [6.07, 6.45) is 0. The van der Waals surface area contributed by atoms with Crippen molar-refractivity contribution in [2.24, 2.45) is 16.8 Å². The highest BCUT2D eigenvalue weighted by Gasteiger charge is 2.19. The summed E-state index contributed by atoms with van der Waals surface area (Å²) in [4.78, 5) is 11.9. The lowest BCUT2D eigenvalue weighted by Crippen LogP contribution is -2.32. The van der Waals surface area contributed by atoms with Crippen LogP contribution in [0.5, 0.6) is 11.5 Å². The van der Waals surface area contributed by atoms with Gasteiger partial charge in [0, 0.05) is 6.07 Å². The van der Waals surface area contributed by atoms with Gasteiger partial charge in [0.25, 0.3) is 0 Å². The Balaban J connectivity index is 2.94. The normalized spacial score (nSPS) is 12.7. The Kier molecular flexibility index (Phi) is 4.99. The number of methoxy groups -OCH3 is 2. The van der Waals surface area contributed by atoms with Gasteiger partial charge in [-0.25, -0.2) is 0 Å². The molecule has 1 amide bonds. The molecular formula is C12H17N3O4. The lowest BCUT2D eigenvalue weighted by atomic mass is 10.1. The largest absolute Gasteiger partial charge is 0.497 e. The molecule has 1 rings (SSSR count). The fraction of sp³-hybridized carbons (Fsp3) is 0.333. The summed E-state index contributed by atoms with van der Waals surface area (Å²) in [5.74, 6) is -0.282. The molecule has 0 fully saturated rings. The van der Waals surface area contributed by atoms with Gasteiger partial charge in [-0.1, -0.05) is 5.16 Å². The third-order valence-electron chi connectivity index (χ3n) is 2.62. The predicted molar refractivity (Wildman–Crippen MR) is 70.7 cm³/mol. The molecule has 0 spiro atoms. The number of benzene rings is 1. The summed E-state index contributed by atoms with van der Waals surface area (Å²) in [6.45, 7) is 1.52. The van der Waals surface area contributed by atoms with E-state index in [0.717, 1.165) is 0 Å². The van der Waals surface area contributed by atoms with Crippen LogP contribution in [0.4, 0.5) is 5.69 Å². The first kappa shape index (κ1) is 14.6. The quantitative estimate of drug-likeness (QED) is 0.320. The number of carbonyl (C=O) groups excluding carboxylic acids is 1. The van der Waals surface area contributed by atoms with E-state index in [4.69, 9.17) is 20.4 Å². The number of nitrogens with two attached hydrogens (primary N) is 1. The van der Waals surface area contributed by atoms with Crippen LogP contribution in [-0.4, -0.2) is 31.2 Å². The van der Waals surface area contributed by atoms with Gasteiger partial charge < -0.3 is 25.7 Å². The molecule has 1 aromatic rings. The molecule has 1 aromatic carbocycles. The number of nitrogens with zero attached hydrogens (tertiary/aromatic N) is 1. The standard InChI is InChI=1S/C12H17N3O4/c1-7(11(13)15-17)12(16)14-9-6-8(18-2)4-5-10(9)19-3/h4-7,17H,1-3H3,(H2,13,15)(H,14,16). The maximum absolute atomic E-state index is 11.9. The molecular weight excluding hydrogens is 250 g/mol. The van der Waals surface area contributed by atoms with E-state index in [0.29, 0.717) is 17.2 Å². The van der Waals surface area contributed by atoms with Crippen LogP contribution in [0.2, 0.25) is 0 Å². The lowest BCUT2D eigenvalue weighted by Gasteiger charge is -2.14. The van der Waals surface area contributed by atoms with E-state index in [1.165, 1.54) is 21.1 Å². The summed E-state index contributed by atoms with van der Waals surface area (Å²) >= 11 is 0. The smallest absolute Gasteiger partial charge is 0.235 e. The summed E-state index contributed by atoms with van der Waals surface area (Å²) in [5, 5.41) is 14.0. The van der Waals surface area contributed by atoms with Crippen molar-refractivity contribution < 1.29 is 19.5 Å². The van der Waals surface area contributed by atoms with Crippen LogP contribution in [0.3, 0.4) is 0 Å². The zero-order chi connectivity index (χ0) is 14.4. The van der Waals surface area contributed by atoms with E-state index < -0.39 is 11.8 Å². The van der Waals surface area contributed by atoms with Gasteiger partial charge >= 0.3 is 0 Å². The van der Waals surface area contributed by atoms with Gasteiger partial charge in [0.2, 0.25) is 5.91 Å². The summed E-state index contributed by atoms with van der Waals surface area (Å²) in [6, 6.07) is 5.00. The van der Waals surface area contributed by atoms with E-state index in [1.807, 2.05) is 0 Å². The van der Waals surface area contributed by atoms with Gasteiger partial charge in [0.1, 0.15) is 11.5 Å². The number of amides is 1. The SMILES string of the molecule is COc1ccc(OC)c(NC(=O)C(C)C(N)=NO)c1. The molecule has 19 heavy (non-hydrogen) atoms. The van der Waals surface area contributed by atoms with Gasteiger partial charge in [-0.2, -0.15) is 0 Å². The molecule has 0 aliphatic rings. The molecule has 0 heterocycles. The molecule has 4 N–H and O–H groups in total. The van der Waals surface area contributed by atoms with Crippen molar-refractivity contribution >= 4 is 17.4 Å². The average molecular weight is 267 g/mol. The Morgan fingerprint density at radius 2 is 2.11 bits per heavy atom. The Morgan fingerprint density at radius 3 is 2.63 bits per heavy atom. The van der Waals surface area contributed by atoms with Crippen LogP contribution in [0.25, 0.3) is 0 Å². The zero-order valence-corrected chi connectivity index (χ0v) is 11.0. The van der Waals surface area contributed by atoms with E-state index in [2.05, 4.69) is 10.5 Å². The highest BCUT2D eigenvalue weighted by molar-refractivity contribution is 6.07. The van der Waals surface area contributed by atoms with Gasteiger partial charge in [-0.15, -0.1) is 0 Å².